The van der Waals surface area contributed by atoms with Gasteiger partial charge in [-0.1, -0.05) is 29.8 Å². The second kappa shape index (κ2) is 7.42. The first-order chi connectivity index (χ1) is 12.7. The number of hydrogen-bond donors (Lipinski definition) is 1. The fourth-order valence-corrected chi connectivity index (χ4v) is 3.63. The lowest BCUT2D eigenvalue weighted by Gasteiger charge is -2.09. The molecule has 1 aliphatic rings. The highest BCUT2D eigenvalue weighted by molar-refractivity contribution is 6.30. The van der Waals surface area contributed by atoms with Crippen molar-refractivity contribution in [3.05, 3.63) is 70.4 Å². The number of anilines is 1. The zero-order chi connectivity index (χ0) is 17.9. The van der Waals surface area contributed by atoms with E-state index in [1.165, 1.54) is 24.0 Å². The Bertz CT molecular complexity index is 902. The van der Waals surface area contributed by atoms with Gasteiger partial charge in [0.25, 0.3) is 0 Å². The molecule has 0 spiro atoms. The van der Waals surface area contributed by atoms with E-state index in [9.17, 15) is 0 Å². The van der Waals surface area contributed by atoms with Crippen LogP contribution in [0.4, 0.5) is 5.82 Å². The van der Waals surface area contributed by atoms with Crippen molar-refractivity contribution in [2.75, 3.05) is 19.0 Å². The maximum absolute atomic E-state index is 6.20. The zero-order valence-electron chi connectivity index (χ0n) is 14.8. The van der Waals surface area contributed by atoms with E-state index in [0.29, 0.717) is 0 Å². The molecule has 2 heterocycles. The Morgan fingerprint density at radius 2 is 2.00 bits per heavy atom. The van der Waals surface area contributed by atoms with Gasteiger partial charge >= 0.3 is 0 Å². The molecule has 0 unspecified atom stereocenters. The quantitative estimate of drug-likeness (QED) is 0.714. The van der Waals surface area contributed by atoms with Crippen molar-refractivity contribution in [1.82, 2.24) is 9.78 Å². The number of methoxy groups -OCH3 is 1. The minimum Gasteiger partial charge on any atom is -0.497 e. The number of nitrogens with zero attached hydrogens (tertiary/aromatic N) is 2. The topological polar surface area (TPSA) is 39.1 Å². The van der Waals surface area contributed by atoms with E-state index < -0.39 is 0 Å². The van der Waals surface area contributed by atoms with E-state index in [-0.39, 0.29) is 0 Å². The first-order valence-corrected chi connectivity index (χ1v) is 9.36. The molecule has 0 bridgehead atoms. The van der Waals surface area contributed by atoms with E-state index >= 15 is 0 Å². The van der Waals surface area contributed by atoms with Gasteiger partial charge in [0, 0.05) is 23.6 Å². The summed E-state index contributed by atoms with van der Waals surface area (Å²) in [6.45, 7) is 0.973. The van der Waals surface area contributed by atoms with Crippen LogP contribution in [0.2, 0.25) is 5.02 Å². The van der Waals surface area contributed by atoms with Gasteiger partial charge in [0.1, 0.15) is 11.6 Å². The second-order valence-corrected chi connectivity index (χ2v) is 7.01. The van der Waals surface area contributed by atoms with Gasteiger partial charge < -0.3 is 10.1 Å². The molecule has 4 nitrogen and oxygen atoms in total. The first kappa shape index (κ1) is 17.0. The van der Waals surface area contributed by atoms with E-state index in [4.69, 9.17) is 21.4 Å². The molecular formula is C21H22ClN3O. The van der Waals surface area contributed by atoms with Crippen molar-refractivity contribution in [1.29, 1.82) is 0 Å². The Morgan fingerprint density at radius 3 is 2.77 bits per heavy atom. The van der Waals surface area contributed by atoms with Crippen molar-refractivity contribution in [2.24, 2.45) is 0 Å². The lowest BCUT2D eigenvalue weighted by molar-refractivity contribution is 0.414. The predicted octanol–water partition coefficient (Wildman–Crippen LogP) is 4.87. The number of nitrogens with one attached hydrogen (secondary N) is 1. The number of hydrogen-bond acceptors (Lipinski definition) is 3. The second-order valence-electron chi connectivity index (χ2n) is 6.57. The smallest absolute Gasteiger partial charge is 0.133 e. The molecule has 1 N–H and O–H groups in total. The van der Waals surface area contributed by atoms with E-state index in [1.807, 2.05) is 41.1 Å². The van der Waals surface area contributed by atoms with Crippen LogP contribution in [0.5, 0.6) is 5.75 Å². The monoisotopic (exact) mass is 367 g/mol. The van der Waals surface area contributed by atoms with Crippen LogP contribution >= 0.6 is 11.6 Å². The molecule has 0 radical (unpaired) electrons. The van der Waals surface area contributed by atoms with Gasteiger partial charge in [0.2, 0.25) is 0 Å². The Hall–Kier alpha value is -2.46. The van der Waals surface area contributed by atoms with Crippen LogP contribution in [-0.2, 0) is 12.8 Å². The highest BCUT2D eigenvalue weighted by Crippen LogP contribution is 2.30. The zero-order valence-corrected chi connectivity index (χ0v) is 15.6. The van der Waals surface area contributed by atoms with Crippen LogP contribution in [0, 0.1) is 0 Å². The third-order valence-electron chi connectivity index (χ3n) is 4.80. The molecule has 0 atom stereocenters. The van der Waals surface area contributed by atoms with Crippen LogP contribution in [-0.4, -0.2) is 23.4 Å². The highest BCUT2D eigenvalue weighted by atomic mass is 35.5. The van der Waals surface area contributed by atoms with Gasteiger partial charge in [-0.15, -0.1) is 0 Å². The third-order valence-corrected chi connectivity index (χ3v) is 5.03. The molecule has 2 aromatic carbocycles. The van der Waals surface area contributed by atoms with E-state index in [2.05, 4.69) is 17.4 Å². The number of rotatable bonds is 4. The largest absolute Gasteiger partial charge is 0.497 e. The normalized spacial score (nSPS) is 13.6. The maximum Gasteiger partial charge on any atom is 0.133 e. The molecule has 0 saturated carbocycles. The third kappa shape index (κ3) is 3.42. The highest BCUT2D eigenvalue weighted by Gasteiger charge is 2.20. The summed E-state index contributed by atoms with van der Waals surface area (Å²) in [5, 5.41) is 9.24. The molecular weight excluding hydrogens is 346 g/mol. The molecule has 1 aromatic heterocycles. The molecule has 1 aliphatic heterocycles. The summed E-state index contributed by atoms with van der Waals surface area (Å²) < 4.78 is 7.26. The Balaban J connectivity index is 1.74. The molecule has 0 fully saturated rings. The fourth-order valence-electron chi connectivity index (χ4n) is 3.45. The average molecular weight is 368 g/mol. The fraction of sp³-hybridized carbons (Fsp3) is 0.286. The minimum absolute atomic E-state index is 0.720. The molecule has 0 aliphatic carbocycles. The summed E-state index contributed by atoms with van der Waals surface area (Å²) in [4.78, 5) is 0. The van der Waals surface area contributed by atoms with Crippen LogP contribution in [0.1, 0.15) is 29.7 Å². The molecule has 5 heteroatoms. The summed E-state index contributed by atoms with van der Waals surface area (Å²) >= 11 is 6.20. The first-order valence-electron chi connectivity index (χ1n) is 8.98. The van der Waals surface area contributed by atoms with Crippen molar-refractivity contribution in [3.8, 4) is 11.4 Å². The number of halogens is 1. The molecule has 26 heavy (non-hydrogen) atoms. The van der Waals surface area contributed by atoms with E-state index in [0.717, 1.165) is 47.4 Å². The lowest BCUT2D eigenvalue weighted by Crippen LogP contribution is -2.07. The van der Waals surface area contributed by atoms with Gasteiger partial charge in [-0.05, 0) is 55.2 Å². The van der Waals surface area contributed by atoms with Crippen LogP contribution in [0.15, 0.2) is 48.5 Å². The number of ether oxygens (including phenoxy) is 1. The molecule has 3 aromatic rings. The van der Waals surface area contributed by atoms with Gasteiger partial charge in [0.05, 0.1) is 18.5 Å². The summed E-state index contributed by atoms with van der Waals surface area (Å²) in [6.07, 6.45) is 4.21. The van der Waals surface area contributed by atoms with Crippen LogP contribution < -0.4 is 10.1 Å². The Morgan fingerprint density at radius 1 is 1.15 bits per heavy atom. The van der Waals surface area contributed by atoms with Gasteiger partial charge in [-0.25, -0.2) is 4.68 Å². The average Bonchev–Trinajstić information content (AvgIpc) is 2.83. The van der Waals surface area contributed by atoms with Gasteiger partial charge in [-0.2, -0.15) is 5.10 Å². The summed E-state index contributed by atoms with van der Waals surface area (Å²) in [7, 11) is 1.69. The molecule has 0 amide bonds. The summed E-state index contributed by atoms with van der Waals surface area (Å²) in [5.41, 5.74) is 4.66. The SMILES string of the molecule is COc1ccc(Cc2nn(-c3cccc(Cl)c3)c3c2CCCCN3)cc1. The minimum atomic E-state index is 0.720. The van der Waals surface area contributed by atoms with E-state index in [1.54, 1.807) is 7.11 Å². The lowest BCUT2D eigenvalue weighted by atomic mass is 10.0. The predicted molar refractivity (Wildman–Crippen MR) is 106 cm³/mol. The Labute approximate surface area is 158 Å². The van der Waals surface area contributed by atoms with Crippen molar-refractivity contribution >= 4 is 17.4 Å². The van der Waals surface area contributed by atoms with Crippen molar-refractivity contribution < 1.29 is 4.74 Å². The number of benzene rings is 2. The molecule has 4 rings (SSSR count). The van der Waals surface area contributed by atoms with Crippen LogP contribution in [0.3, 0.4) is 0 Å². The summed E-state index contributed by atoms with van der Waals surface area (Å²) in [5.74, 6) is 1.98. The molecule has 134 valence electrons. The van der Waals surface area contributed by atoms with Crippen molar-refractivity contribution in [3.63, 3.8) is 0 Å². The number of aromatic nitrogens is 2. The standard InChI is InChI=1S/C21H22ClN3O/c1-26-18-10-8-15(9-11-18)13-20-19-7-2-3-12-23-21(19)25(24-20)17-6-4-5-16(22)14-17/h4-6,8-11,14,23H,2-3,7,12-13H2,1H3. The van der Waals surface area contributed by atoms with Crippen LogP contribution in [0.25, 0.3) is 5.69 Å². The van der Waals surface area contributed by atoms with Crippen molar-refractivity contribution in [2.45, 2.75) is 25.7 Å². The Kier molecular flexibility index (Phi) is 4.85. The summed E-state index contributed by atoms with van der Waals surface area (Å²) in [6, 6.07) is 16.1. The van der Waals surface area contributed by atoms with Gasteiger partial charge in [0.15, 0.2) is 0 Å². The molecule has 0 saturated heterocycles. The maximum atomic E-state index is 6.20. The number of fused-ring (bicyclic) bond motifs is 1. The van der Waals surface area contributed by atoms with Gasteiger partial charge in [-0.3, -0.25) is 0 Å².